The lowest BCUT2D eigenvalue weighted by atomic mass is 9.77. The summed E-state index contributed by atoms with van der Waals surface area (Å²) in [6, 6.07) is 20.7. The maximum absolute atomic E-state index is 4.23. The maximum atomic E-state index is 4.23. The van der Waals surface area contributed by atoms with Gasteiger partial charge in [-0.15, -0.1) is 0 Å². The van der Waals surface area contributed by atoms with Gasteiger partial charge in [0.25, 0.3) is 0 Å². The first-order valence-electron chi connectivity index (χ1n) is 6.78. The van der Waals surface area contributed by atoms with Gasteiger partial charge in [-0.25, -0.2) is 0 Å². The van der Waals surface area contributed by atoms with Gasteiger partial charge in [-0.05, 0) is 30.5 Å². The Morgan fingerprint density at radius 1 is 0.800 bits per heavy atom. The van der Waals surface area contributed by atoms with E-state index < -0.39 is 5.54 Å². The highest BCUT2D eigenvalue weighted by atomic mass is 15.0. The average Bonchev–Trinajstić information content (AvgIpc) is 2.46. The second-order valence-electron chi connectivity index (χ2n) is 5.17. The molecular weight excluding hydrogens is 242 g/mol. The molecule has 1 N–H and O–H groups in total. The number of hydrogen-bond donors (Lipinski definition) is 1. The van der Waals surface area contributed by atoms with Crippen molar-refractivity contribution in [2.75, 3.05) is 0 Å². The summed E-state index contributed by atoms with van der Waals surface area (Å²) in [6.45, 7) is 12.3. The van der Waals surface area contributed by atoms with Gasteiger partial charge in [0.1, 0.15) is 5.54 Å². The van der Waals surface area contributed by atoms with Crippen LogP contribution in [0.5, 0.6) is 0 Å². The molecule has 0 bridgehead atoms. The highest BCUT2D eigenvalue weighted by molar-refractivity contribution is 5.47. The molecule has 0 spiro atoms. The van der Waals surface area contributed by atoms with E-state index in [1.807, 2.05) is 19.1 Å². The third kappa shape index (κ3) is 2.53. The molecule has 1 heteroatoms. The van der Waals surface area contributed by atoms with Gasteiger partial charge < -0.3 is 5.32 Å². The molecule has 102 valence electrons. The molecule has 0 fully saturated rings. The Kier molecular flexibility index (Phi) is 4.09. The fourth-order valence-corrected chi connectivity index (χ4v) is 2.61. The molecule has 0 aromatic heterocycles. The second kappa shape index (κ2) is 5.79. The Bertz CT molecular complexity index is 557. The number of hydrogen-bond acceptors (Lipinski definition) is 1. The molecule has 0 saturated heterocycles. The zero-order valence-electron chi connectivity index (χ0n) is 12.2. The SMILES string of the molecule is C=C(C)NC(C(=C)C)(c1ccccc1)c1ccccc1. The highest BCUT2D eigenvalue weighted by Gasteiger charge is 2.34. The molecule has 0 aliphatic heterocycles. The third-order valence-electron chi connectivity index (χ3n) is 3.45. The largest absolute Gasteiger partial charge is 0.372 e. The Morgan fingerprint density at radius 2 is 1.20 bits per heavy atom. The fraction of sp³-hybridized carbons (Fsp3) is 0.158. The van der Waals surface area contributed by atoms with Crippen molar-refractivity contribution in [2.24, 2.45) is 0 Å². The summed E-state index contributed by atoms with van der Waals surface area (Å²) in [6.07, 6.45) is 0. The minimum Gasteiger partial charge on any atom is -0.372 e. The van der Waals surface area contributed by atoms with Crippen LogP contribution in [-0.2, 0) is 5.54 Å². The molecule has 0 heterocycles. The molecular formula is C19H21N. The van der Waals surface area contributed by atoms with Gasteiger partial charge >= 0.3 is 0 Å². The van der Waals surface area contributed by atoms with E-state index in [1.165, 1.54) is 11.1 Å². The first-order valence-corrected chi connectivity index (χ1v) is 6.78. The maximum Gasteiger partial charge on any atom is 0.109 e. The molecule has 0 atom stereocenters. The quantitative estimate of drug-likeness (QED) is 0.776. The van der Waals surface area contributed by atoms with Crippen molar-refractivity contribution in [3.63, 3.8) is 0 Å². The Hall–Kier alpha value is -2.28. The molecule has 2 rings (SSSR count). The molecule has 2 aromatic carbocycles. The summed E-state index contributed by atoms with van der Waals surface area (Å²) in [5.41, 5.74) is 3.86. The van der Waals surface area contributed by atoms with E-state index in [9.17, 15) is 0 Å². The van der Waals surface area contributed by atoms with Gasteiger partial charge in [0.05, 0.1) is 0 Å². The molecule has 0 radical (unpaired) electrons. The molecule has 0 saturated carbocycles. The summed E-state index contributed by atoms with van der Waals surface area (Å²) in [5, 5.41) is 3.53. The predicted octanol–water partition coefficient (Wildman–Crippen LogP) is 4.63. The fourth-order valence-electron chi connectivity index (χ4n) is 2.61. The van der Waals surface area contributed by atoms with Crippen molar-refractivity contribution in [3.8, 4) is 0 Å². The van der Waals surface area contributed by atoms with Gasteiger partial charge in [0, 0.05) is 5.70 Å². The number of allylic oxidation sites excluding steroid dienone is 1. The summed E-state index contributed by atoms with van der Waals surface area (Å²) in [7, 11) is 0. The zero-order chi connectivity index (χ0) is 14.6. The van der Waals surface area contributed by atoms with Gasteiger partial charge in [-0.1, -0.05) is 73.8 Å². The first kappa shape index (κ1) is 14.1. The van der Waals surface area contributed by atoms with Crippen LogP contribution in [0.2, 0.25) is 0 Å². The molecule has 0 unspecified atom stereocenters. The van der Waals surface area contributed by atoms with Crippen molar-refractivity contribution in [3.05, 3.63) is 96.2 Å². The first-order chi connectivity index (χ1) is 9.57. The van der Waals surface area contributed by atoms with E-state index in [2.05, 4.69) is 73.9 Å². The highest BCUT2D eigenvalue weighted by Crippen LogP contribution is 2.36. The third-order valence-corrected chi connectivity index (χ3v) is 3.45. The van der Waals surface area contributed by atoms with Crippen molar-refractivity contribution < 1.29 is 0 Å². The van der Waals surface area contributed by atoms with Crippen LogP contribution in [0.1, 0.15) is 25.0 Å². The lowest BCUT2D eigenvalue weighted by Gasteiger charge is -2.38. The minimum absolute atomic E-state index is 0.436. The lowest BCUT2D eigenvalue weighted by Crippen LogP contribution is -2.43. The van der Waals surface area contributed by atoms with E-state index >= 15 is 0 Å². The van der Waals surface area contributed by atoms with Crippen LogP contribution in [0.4, 0.5) is 0 Å². The molecule has 1 nitrogen and oxygen atoms in total. The summed E-state index contributed by atoms with van der Waals surface area (Å²) >= 11 is 0. The standard InChI is InChI=1S/C19H21N/c1-15(2)19(20-16(3)4,17-11-7-5-8-12-17)18-13-9-6-10-14-18/h5-14,20H,1,3H2,2,4H3. The molecule has 0 aliphatic carbocycles. The van der Waals surface area contributed by atoms with Crippen LogP contribution in [-0.4, -0.2) is 0 Å². The van der Waals surface area contributed by atoms with Crippen LogP contribution in [0.3, 0.4) is 0 Å². The van der Waals surface area contributed by atoms with Crippen LogP contribution in [0.25, 0.3) is 0 Å². The molecule has 2 aromatic rings. The van der Waals surface area contributed by atoms with Crippen molar-refractivity contribution in [1.29, 1.82) is 0 Å². The van der Waals surface area contributed by atoms with E-state index in [0.29, 0.717) is 0 Å². The van der Waals surface area contributed by atoms with Crippen LogP contribution >= 0.6 is 0 Å². The minimum atomic E-state index is -0.436. The van der Waals surface area contributed by atoms with E-state index in [-0.39, 0.29) is 0 Å². The van der Waals surface area contributed by atoms with Crippen LogP contribution < -0.4 is 5.32 Å². The predicted molar refractivity (Wildman–Crippen MR) is 86.4 cm³/mol. The van der Waals surface area contributed by atoms with E-state index in [4.69, 9.17) is 0 Å². The monoisotopic (exact) mass is 263 g/mol. The lowest BCUT2D eigenvalue weighted by molar-refractivity contribution is 0.520. The van der Waals surface area contributed by atoms with Crippen LogP contribution in [0, 0.1) is 0 Å². The van der Waals surface area contributed by atoms with Gasteiger partial charge in [-0.3, -0.25) is 0 Å². The summed E-state index contributed by atoms with van der Waals surface area (Å²) in [5.74, 6) is 0. The van der Waals surface area contributed by atoms with E-state index in [0.717, 1.165) is 11.3 Å². The van der Waals surface area contributed by atoms with Gasteiger partial charge in [-0.2, -0.15) is 0 Å². The van der Waals surface area contributed by atoms with Crippen molar-refractivity contribution >= 4 is 0 Å². The Morgan fingerprint density at radius 3 is 1.50 bits per heavy atom. The van der Waals surface area contributed by atoms with Crippen molar-refractivity contribution in [2.45, 2.75) is 19.4 Å². The van der Waals surface area contributed by atoms with Crippen molar-refractivity contribution in [1.82, 2.24) is 5.32 Å². The smallest absolute Gasteiger partial charge is 0.109 e. The van der Waals surface area contributed by atoms with Gasteiger partial charge in [0.15, 0.2) is 0 Å². The number of rotatable bonds is 5. The topological polar surface area (TPSA) is 12.0 Å². The summed E-state index contributed by atoms with van der Waals surface area (Å²) in [4.78, 5) is 0. The van der Waals surface area contributed by atoms with E-state index in [1.54, 1.807) is 0 Å². The normalized spacial score (nSPS) is 10.9. The van der Waals surface area contributed by atoms with Gasteiger partial charge in [0.2, 0.25) is 0 Å². The summed E-state index contributed by atoms with van der Waals surface area (Å²) < 4.78 is 0. The Balaban J connectivity index is 2.69. The number of nitrogens with one attached hydrogen (secondary N) is 1. The molecule has 0 amide bonds. The average molecular weight is 263 g/mol. The Labute approximate surface area is 121 Å². The van der Waals surface area contributed by atoms with Crippen LogP contribution in [0.15, 0.2) is 85.1 Å². The molecule has 0 aliphatic rings. The zero-order valence-corrected chi connectivity index (χ0v) is 12.2. The second-order valence-corrected chi connectivity index (χ2v) is 5.17. The number of benzene rings is 2. The molecule has 20 heavy (non-hydrogen) atoms.